The highest BCUT2D eigenvalue weighted by molar-refractivity contribution is 6.03. The lowest BCUT2D eigenvalue weighted by Gasteiger charge is -2.30. The van der Waals surface area contributed by atoms with Crippen LogP contribution in [0.2, 0.25) is 0 Å². The second-order valence-electron chi connectivity index (χ2n) is 6.40. The second kappa shape index (κ2) is 7.90. The Hall–Kier alpha value is -3.35. The molecule has 7 heteroatoms. The van der Waals surface area contributed by atoms with E-state index in [4.69, 9.17) is 4.74 Å². The van der Waals surface area contributed by atoms with Crippen molar-refractivity contribution < 1.29 is 19.1 Å². The minimum absolute atomic E-state index is 0.104. The zero-order valence-corrected chi connectivity index (χ0v) is 15.3. The van der Waals surface area contributed by atoms with Crippen molar-refractivity contribution in [2.24, 2.45) is 0 Å². The van der Waals surface area contributed by atoms with E-state index >= 15 is 0 Å². The zero-order valence-electron chi connectivity index (χ0n) is 15.3. The Morgan fingerprint density at radius 2 is 1.85 bits per heavy atom. The highest BCUT2D eigenvalue weighted by atomic mass is 16.5. The van der Waals surface area contributed by atoms with Crippen LogP contribution in [-0.2, 0) is 14.4 Å². The third-order valence-corrected chi connectivity index (χ3v) is 4.24. The molecule has 27 heavy (non-hydrogen) atoms. The number of amides is 3. The molecule has 0 unspecified atom stereocenters. The Labute approximate surface area is 157 Å². The number of benzene rings is 2. The first kappa shape index (κ1) is 18.4. The lowest BCUT2D eigenvalue weighted by atomic mass is 10.2. The van der Waals surface area contributed by atoms with Crippen molar-refractivity contribution in [3.8, 4) is 5.75 Å². The predicted molar refractivity (Wildman–Crippen MR) is 102 cm³/mol. The molecular weight excluding hydrogens is 346 g/mol. The topological polar surface area (TPSA) is 79.0 Å². The van der Waals surface area contributed by atoms with E-state index in [9.17, 15) is 14.4 Å². The summed E-state index contributed by atoms with van der Waals surface area (Å²) in [6, 6.07) is 14.4. The summed E-state index contributed by atoms with van der Waals surface area (Å²) in [5, 5.41) is 2.75. The average molecular weight is 367 g/mol. The molecule has 0 fully saturated rings. The summed E-state index contributed by atoms with van der Waals surface area (Å²) in [6.07, 6.45) is 0. The Morgan fingerprint density at radius 1 is 1.15 bits per heavy atom. The molecule has 7 nitrogen and oxygen atoms in total. The average Bonchev–Trinajstić information content (AvgIpc) is 2.65. The molecule has 0 atom stereocenters. The van der Waals surface area contributed by atoms with Crippen LogP contribution in [0.5, 0.6) is 5.75 Å². The molecule has 1 aliphatic heterocycles. The van der Waals surface area contributed by atoms with Crippen LogP contribution in [-0.4, -0.2) is 49.4 Å². The molecule has 0 radical (unpaired) electrons. The lowest BCUT2D eigenvalue weighted by molar-refractivity contribution is -0.133. The minimum Gasteiger partial charge on any atom is -0.482 e. The quantitative estimate of drug-likeness (QED) is 0.874. The molecule has 1 N–H and O–H groups in total. The first-order valence-electron chi connectivity index (χ1n) is 8.57. The molecule has 140 valence electrons. The zero-order chi connectivity index (χ0) is 19.4. The summed E-state index contributed by atoms with van der Waals surface area (Å²) >= 11 is 0. The predicted octanol–water partition coefficient (Wildman–Crippen LogP) is 1.82. The molecule has 3 rings (SSSR count). The first-order chi connectivity index (χ1) is 12.9. The lowest BCUT2D eigenvalue weighted by Crippen LogP contribution is -2.46. The molecule has 1 heterocycles. The summed E-state index contributed by atoms with van der Waals surface area (Å²) in [7, 11) is 1.54. The van der Waals surface area contributed by atoms with Gasteiger partial charge in [0.05, 0.1) is 12.2 Å². The van der Waals surface area contributed by atoms with Gasteiger partial charge in [-0.25, -0.2) is 0 Å². The van der Waals surface area contributed by atoms with Crippen LogP contribution in [0.4, 0.5) is 11.4 Å². The molecule has 1 aliphatic rings. The van der Waals surface area contributed by atoms with Gasteiger partial charge in [-0.05, 0) is 31.2 Å². The van der Waals surface area contributed by atoms with Crippen LogP contribution in [0.25, 0.3) is 0 Å². The number of carbonyl (C=O) groups is 3. The number of nitrogens with one attached hydrogen (secondary N) is 1. The van der Waals surface area contributed by atoms with E-state index in [1.54, 1.807) is 36.4 Å². The Bertz CT molecular complexity index is 864. The Kier molecular flexibility index (Phi) is 5.40. The summed E-state index contributed by atoms with van der Waals surface area (Å²) in [5.74, 6) is -0.369. The normalized spacial score (nSPS) is 12.8. The summed E-state index contributed by atoms with van der Waals surface area (Å²) in [5.41, 5.74) is 2.32. The number of hydrogen-bond acceptors (Lipinski definition) is 4. The largest absolute Gasteiger partial charge is 0.482 e. The number of likely N-dealkylation sites (N-methyl/N-ethyl adjacent to an activating group) is 1. The number of para-hydroxylation sites is 2. The third kappa shape index (κ3) is 4.44. The number of nitrogens with zero attached hydrogens (tertiary/aromatic N) is 2. The van der Waals surface area contributed by atoms with Crippen molar-refractivity contribution in [1.82, 2.24) is 4.90 Å². The van der Waals surface area contributed by atoms with Gasteiger partial charge in [-0.2, -0.15) is 0 Å². The van der Waals surface area contributed by atoms with Crippen LogP contribution in [0.3, 0.4) is 0 Å². The van der Waals surface area contributed by atoms with Gasteiger partial charge < -0.3 is 15.0 Å². The van der Waals surface area contributed by atoms with Gasteiger partial charge in [0.25, 0.3) is 5.91 Å². The van der Waals surface area contributed by atoms with E-state index in [0.29, 0.717) is 17.1 Å². The summed E-state index contributed by atoms with van der Waals surface area (Å²) in [6.45, 7) is 1.60. The van der Waals surface area contributed by atoms with Gasteiger partial charge in [0, 0.05) is 12.7 Å². The van der Waals surface area contributed by atoms with Crippen molar-refractivity contribution in [3.05, 3.63) is 54.1 Å². The molecule has 2 aromatic rings. The van der Waals surface area contributed by atoms with Gasteiger partial charge >= 0.3 is 0 Å². The number of fused-ring (bicyclic) bond motifs is 1. The van der Waals surface area contributed by atoms with Crippen LogP contribution < -0.4 is 15.0 Å². The van der Waals surface area contributed by atoms with Crippen LogP contribution in [0.1, 0.15) is 5.56 Å². The maximum atomic E-state index is 12.5. The van der Waals surface area contributed by atoms with E-state index in [0.717, 1.165) is 5.56 Å². The van der Waals surface area contributed by atoms with Gasteiger partial charge in [0.2, 0.25) is 11.8 Å². The molecular formula is C20H21N3O4. The van der Waals surface area contributed by atoms with Gasteiger partial charge in [0.1, 0.15) is 12.3 Å². The fourth-order valence-electron chi connectivity index (χ4n) is 2.72. The molecule has 0 bridgehead atoms. The number of ether oxygens (including phenoxy) is 1. The first-order valence-corrected chi connectivity index (χ1v) is 8.57. The number of carbonyl (C=O) groups excluding carboxylic acids is 3. The fourth-order valence-corrected chi connectivity index (χ4v) is 2.72. The smallest absolute Gasteiger partial charge is 0.265 e. The number of anilines is 2. The monoisotopic (exact) mass is 367 g/mol. The van der Waals surface area contributed by atoms with Crippen molar-refractivity contribution in [2.75, 3.05) is 37.0 Å². The van der Waals surface area contributed by atoms with Crippen molar-refractivity contribution in [3.63, 3.8) is 0 Å². The van der Waals surface area contributed by atoms with Crippen molar-refractivity contribution in [1.29, 1.82) is 0 Å². The summed E-state index contributed by atoms with van der Waals surface area (Å²) < 4.78 is 5.37. The molecule has 0 aliphatic carbocycles. The van der Waals surface area contributed by atoms with Crippen LogP contribution in [0.15, 0.2) is 48.5 Å². The van der Waals surface area contributed by atoms with Crippen molar-refractivity contribution >= 4 is 29.1 Å². The van der Waals surface area contributed by atoms with E-state index in [-0.39, 0.29) is 37.4 Å². The fraction of sp³-hybridized carbons (Fsp3) is 0.250. The number of aryl methyl sites for hydroxylation is 1. The molecule has 2 aromatic carbocycles. The molecule has 0 saturated heterocycles. The van der Waals surface area contributed by atoms with E-state index in [2.05, 4.69) is 5.32 Å². The van der Waals surface area contributed by atoms with Gasteiger partial charge in [-0.15, -0.1) is 0 Å². The van der Waals surface area contributed by atoms with E-state index < -0.39 is 0 Å². The molecule has 0 saturated carbocycles. The molecule has 0 aromatic heterocycles. The van der Waals surface area contributed by atoms with Gasteiger partial charge in [-0.3, -0.25) is 19.3 Å². The Balaban J connectivity index is 1.60. The van der Waals surface area contributed by atoms with E-state index in [1.807, 2.05) is 19.1 Å². The van der Waals surface area contributed by atoms with Gasteiger partial charge in [-0.1, -0.05) is 29.8 Å². The standard InChI is InChI=1S/C20H21N3O4/c1-14-7-9-15(10-8-14)21-18(24)11-22(2)19(25)12-23-16-5-3-4-6-17(16)27-13-20(23)26/h3-10H,11-13H2,1-2H3,(H,21,24). The summed E-state index contributed by atoms with van der Waals surface area (Å²) in [4.78, 5) is 39.5. The number of rotatable bonds is 5. The van der Waals surface area contributed by atoms with E-state index in [1.165, 1.54) is 16.8 Å². The molecule has 0 spiro atoms. The minimum atomic E-state index is -0.334. The van der Waals surface area contributed by atoms with Crippen molar-refractivity contribution in [2.45, 2.75) is 6.92 Å². The maximum Gasteiger partial charge on any atom is 0.265 e. The molecule has 3 amide bonds. The van der Waals surface area contributed by atoms with Gasteiger partial charge in [0.15, 0.2) is 6.61 Å². The maximum absolute atomic E-state index is 12.5. The second-order valence-corrected chi connectivity index (χ2v) is 6.40. The SMILES string of the molecule is Cc1ccc(NC(=O)CN(C)C(=O)CN2C(=O)COc3ccccc32)cc1. The Morgan fingerprint density at radius 3 is 2.59 bits per heavy atom. The number of hydrogen-bond donors (Lipinski definition) is 1. The van der Waals surface area contributed by atoms with Crippen LogP contribution >= 0.6 is 0 Å². The highest BCUT2D eigenvalue weighted by Gasteiger charge is 2.28. The highest BCUT2D eigenvalue weighted by Crippen LogP contribution is 2.31. The third-order valence-electron chi connectivity index (χ3n) is 4.24. The van der Waals surface area contributed by atoms with Crippen LogP contribution in [0, 0.1) is 6.92 Å².